The molecule has 0 aliphatic carbocycles. The molecule has 0 aromatic heterocycles. The first kappa shape index (κ1) is 13.9. The lowest BCUT2D eigenvalue weighted by atomic mass is 10.00. The third-order valence-electron chi connectivity index (χ3n) is 3.14. The Kier molecular flexibility index (Phi) is 3.94. The van der Waals surface area contributed by atoms with Gasteiger partial charge in [0.2, 0.25) is 0 Å². The van der Waals surface area contributed by atoms with Crippen molar-refractivity contribution in [2.75, 3.05) is 7.11 Å². The number of phenols is 2. The van der Waals surface area contributed by atoms with Crippen LogP contribution >= 0.6 is 0 Å². The van der Waals surface area contributed by atoms with Gasteiger partial charge in [-0.25, -0.2) is 0 Å². The number of aromatic hydroxyl groups is 2. The second-order valence-electron chi connectivity index (χ2n) is 4.60. The molecule has 4 heteroatoms. The topological polar surface area (TPSA) is 66.8 Å². The summed E-state index contributed by atoms with van der Waals surface area (Å²) in [6.45, 7) is 1.68. The molecule has 104 valence electrons. The van der Waals surface area contributed by atoms with Crippen LogP contribution in [0.5, 0.6) is 17.2 Å². The van der Waals surface area contributed by atoms with Gasteiger partial charge in [0, 0.05) is 12.5 Å². The first-order valence-corrected chi connectivity index (χ1v) is 6.20. The van der Waals surface area contributed by atoms with Crippen molar-refractivity contribution in [1.29, 1.82) is 0 Å². The molecular formula is C16H16O4. The van der Waals surface area contributed by atoms with Crippen molar-refractivity contribution < 1.29 is 19.7 Å². The lowest BCUT2D eigenvalue weighted by Crippen LogP contribution is -2.04. The van der Waals surface area contributed by atoms with Crippen molar-refractivity contribution in [3.8, 4) is 17.2 Å². The Hall–Kier alpha value is -2.49. The van der Waals surface area contributed by atoms with E-state index in [9.17, 15) is 15.0 Å². The van der Waals surface area contributed by atoms with E-state index in [1.54, 1.807) is 38.3 Å². The Labute approximate surface area is 117 Å². The van der Waals surface area contributed by atoms with Crippen LogP contribution in [0, 0.1) is 6.92 Å². The van der Waals surface area contributed by atoms with Gasteiger partial charge in [0.1, 0.15) is 17.2 Å². The first-order chi connectivity index (χ1) is 9.51. The SMILES string of the molecule is COc1ccc(CC(=O)c2cc(C)c(O)cc2O)cc1. The van der Waals surface area contributed by atoms with Gasteiger partial charge in [-0.2, -0.15) is 0 Å². The second kappa shape index (κ2) is 5.65. The summed E-state index contributed by atoms with van der Waals surface area (Å²) in [6, 6.07) is 9.87. The molecule has 2 aromatic carbocycles. The van der Waals surface area contributed by atoms with E-state index in [4.69, 9.17) is 4.74 Å². The van der Waals surface area contributed by atoms with E-state index in [0.717, 1.165) is 11.3 Å². The van der Waals surface area contributed by atoms with Crippen molar-refractivity contribution in [1.82, 2.24) is 0 Å². The number of ether oxygens (including phenoxy) is 1. The summed E-state index contributed by atoms with van der Waals surface area (Å²) >= 11 is 0. The summed E-state index contributed by atoms with van der Waals surface area (Å²) in [5, 5.41) is 19.2. The number of rotatable bonds is 4. The zero-order valence-corrected chi connectivity index (χ0v) is 11.4. The van der Waals surface area contributed by atoms with Crippen LogP contribution in [-0.2, 0) is 6.42 Å². The maximum absolute atomic E-state index is 12.2. The molecule has 0 heterocycles. The number of benzene rings is 2. The Balaban J connectivity index is 2.21. The van der Waals surface area contributed by atoms with Gasteiger partial charge >= 0.3 is 0 Å². The number of ketones is 1. The monoisotopic (exact) mass is 272 g/mol. The minimum atomic E-state index is -0.202. The molecule has 0 fully saturated rings. The molecule has 20 heavy (non-hydrogen) atoms. The van der Waals surface area contributed by atoms with E-state index in [1.807, 2.05) is 0 Å². The van der Waals surface area contributed by atoms with Crippen LogP contribution in [-0.4, -0.2) is 23.1 Å². The second-order valence-corrected chi connectivity index (χ2v) is 4.60. The van der Waals surface area contributed by atoms with Gasteiger partial charge in [-0.3, -0.25) is 4.79 Å². The fraction of sp³-hybridized carbons (Fsp3) is 0.188. The molecule has 0 aliphatic heterocycles. The molecule has 0 aliphatic rings. The van der Waals surface area contributed by atoms with Gasteiger partial charge in [-0.05, 0) is 36.2 Å². The number of Topliss-reactive ketones (excluding diaryl/α,β-unsaturated/α-hetero) is 1. The van der Waals surface area contributed by atoms with Crippen LogP contribution < -0.4 is 4.74 Å². The molecule has 0 bridgehead atoms. The van der Waals surface area contributed by atoms with E-state index in [-0.39, 0.29) is 29.3 Å². The largest absolute Gasteiger partial charge is 0.508 e. The van der Waals surface area contributed by atoms with Crippen LogP contribution in [0.25, 0.3) is 0 Å². The number of carbonyl (C=O) groups excluding carboxylic acids is 1. The predicted octanol–water partition coefficient (Wildman–Crippen LogP) is 2.84. The van der Waals surface area contributed by atoms with Crippen molar-refractivity contribution >= 4 is 5.78 Å². The number of carbonyl (C=O) groups is 1. The maximum Gasteiger partial charge on any atom is 0.170 e. The van der Waals surface area contributed by atoms with Gasteiger partial charge in [0.05, 0.1) is 12.7 Å². The average molecular weight is 272 g/mol. The van der Waals surface area contributed by atoms with Crippen molar-refractivity contribution in [3.05, 3.63) is 53.1 Å². The third-order valence-corrected chi connectivity index (χ3v) is 3.14. The predicted molar refractivity (Wildman–Crippen MR) is 75.5 cm³/mol. The van der Waals surface area contributed by atoms with E-state index in [2.05, 4.69) is 0 Å². The summed E-state index contributed by atoms with van der Waals surface area (Å²) in [6.07, 6.45) is 0.182. The molecule has 0 unspecified atom stereocenters. The summed E-state index contributed by atoms with van der Waals surface area (Å²) in [4.78, 5) is 12.2. The third kappa shape index (κ3) is 2.91. The van der Waals surface area contributed by atoms with E-state index in [0.29, 0.717) is 5.56 Å². The molecule has 2 aromatic rings. The molecule has 0 amide bonds. The molecule has 2 rings (SSSR count). The normalized spacial score (nSPS) is 10.3. The Morgan fingerprint density at radius 2 is 1.75 bits per heavy atom. The highest BCUT2D eigenvalue weighted by atomic mass is 16.5. The Morgan fingerprint density at radius 1 is 1.10 bits per heavy atom. The highest BCUT2D eigenvalue weighted by molar-refractivity contribution is 6.00. The van der Waals surface area contributed by atoms with Gasteiger partial charge < -0.3 is 14.9 Å². The number of hydrogen-bond acceptors (Lipinski definition) is 4. The molecule has 0 spiro atoms. The zero-order chi connectivity index (χ0) is 14.7. The average Bonchev–Trinajstić information content (AvgIpc) is 2.43. The summed E-state index contributed by atoms with van der Waals surface area (Å²) in [5.74, 6) is 0.301. The lowest BCUT2D eigenvalue weighted by Gasteiger charge is -2.07. The number of phenolic OH excluding ortho intramolecular Hbond substituents is 2. The maximum atomic E-state index is 12.2. The van der Waals surface area contributed by atoms with Crippen LogP contribution in [0.2, 0.25) is 0 Å². The minimum Gasteiger partial charge on any atom is -0.508 e. The van der Waals surface area contributed by atoms with Crippen LogP contribution in [0.15, 0.2) is 36.4 Å². The number of hydrogen-bond donors (Lipinski definition) is 2. The van der Waals surface area contributed by atoms with Crippen LogP contribution in [0.1, 0.15) is 21.5 Å². The Bertz CT molecular complexity index is 630. The number of aryl methyl sites for hydroxylation is 1. The fourth-order valence-corrected chi connectivity index (χ4v) is 1.93. The molecular weight excluding hydrogens is 256 g/mol. The highest BCUT2D eigenvalue weighted by Crippen LogP contribution is 2.27. The molecule has 0 saturated heterocycles. The molecule has 0 radical (unpaired) electrons. The van der Waals surface area contributed by atoms with Gasteiger partial charge in [0.15, 0.2) is 5.78 Å². The van der Waals surface area contributed by atoms with Crippen molar-refractivity contribution in [2.24, 2.45) is 0 Å². The quantitative estimate of drug-likeness (QED) is 0.840. The standard InChI is InChI=1S/C16H16O4/c1-10-7-13(16(19)9-14(10)17)15(18)8-11-3-5-12(20-2)6-4-11/h3-7,9,17,19H,8H2,1-2H3. The molecule has 4 nitrogen and oxygen atoms in total. The smallest absolute Gasteiger partial charge is 0.170 e. The summed E-state index contributed by atoms with van der Waals surface area (Å²) in [5.41, 5.74) is 1.61. The van der Waals surface area contributed by atoms with Gasteiger partial charge in [0.25, 0.3) is 0 Å². The van der Waals surface area contributed by atoms with E-state index >= 15 is 0 Å². The van der Waals surface area contributed by atoms with Crippen LogP contribution in [0.3, 0.4) is 0 Å². The zero-order valence-electron chi connectivity index (χ0n) is 11.4. The lowest BCUT2D eigenvalue weighted by molar-refractivity contribution is 0.0990. The van der Waals surface area contributed by atoms with Crippen molar-refractivity contribution in [3.63, 3.8) is 0 Å². The van der Waals surface area contributed by atoms with Crippen molar-refractivity contribution in [2.45, 2.75) is 13.3 Å². The first-order valence-electron chi connectivity index (χ1n) is 6.20. The summed E-state index contributed by atoms with van der Waals surface area (Å²) in [7, 11) is 1.58. The van der Waals surface area contributed by atoms with E-state index < -0.39 is 0 Å². The summed E-state index contributed by atoms with van der Waals surface area (Å²) < 4.78 is 5.05. The molecule has 0 atom stereocenters. The Morgan fingerprint density at radius 3 is 2.35 bits per heavy atom. The van der Waals surface area contributed by atoms with Gasteiger partial charge in [-0.15, -0.1) is 0 Å². The van der Waals surface area contributed by atoms with Gasteiger partial charge in [-0.1, -0.05) is 12.1 Å². The van der Waals surface area contributed by atoms with Crippen LogP contribution in [0.4, 0.5) is 0 Å². The number of methoxy groups -OCH3 is 1. The molecule has 2 N–H and O–H groups in total. The fourth-order valence-electron chi connectivity index (χ4n) is 1.93. The minimum absolute atomic E-state index is 0.0245. The van der Waals surface area contributed by atoms with E-state index in [1.165, 1.54) is 12.1 Å². The molecule has 0 saturated carbocycles. The highest BCUT2D eigenvalue weighted by Gasteiger charge is 2.14.